The van der Waals surface area contributed by atoms with Gasteiger partial charge in [-0.3, -0.25) is 0 Å². The molecule has 2 aromatic rings. The molecule has 1 aromatic heterocycles. The standard InChI is InChI=1S/C18H23N5O4S/c1-22(2)8-7-20-18-16(13-19)21-17(27-18)14-3-5-15(6-4-14)28(24,25)23-9-11-26-12-10-23/h3-6,20H,7-12H2,1-2H3. The number of oxazole rings is 1. The first-order valence-corrected chi connectivity index (χ1v) is 10.3. The van der Waals surface area contributed by atoms with Crippen molar-refractivity contribution in [3.63, 3.8) is 0 Å². The van der Waals surface area contributed by atoms with Gasteiger partial charge < -0.3 is 19.4 Å². The molecule has 150 valence electrons. The Hall–Kier alpha value is -2.45. The van der Waals surface area contributed by atoms with Crippen molar-refractivity contribution in [1.29, 1.82) is 5.26 Å². The maximum absolute atomic E-state index is 12.7. The second-order valence-corrected chi connectivity index (χ2v) is 8.52. The molecule has 3 rings (SSSR count). The normalized spacial score (nSPS) is 15.5. The number of hydrogen-bond acceptors (Lipinski definition) is 8. The molecule has 0 saturated carbocycles. The summed E-state index contributed by atoms with van der Waals surface area (Å²) in [5.41, 5.74) is 0.761. The van der Waals surface area contributed by atoms with E-state index in [4.69, 9.17) is 9.15 Å². The van der Waals surface area contributed by atoms with Crippen molar-refractivity contribution in [2.24, 2.45) is 0 Å². The van der Waals surface area contributed by atoms with Gasteiger partial charge in [-0.25, -0.2) is 8.42 Å². The molecule has 9 nitrogen and oxygen atoms in total. The number of sulfonamides is 1. The average molecular weight is 405 g/mol. The lowest BCUT2D eigenvalue weighted by molar-refractivity contribution is 0.0730. The van der Waals surface area contributed by atoms with Crippen LogP contribution < -0.4 is 5.32 Å². The summed E-state index contributed by atoms with van der Waals surface area (Å²) < 4.78 is 37.7. The van der Waals surface area contributed by atoms with E-state index in [9.17, 15) is 13.7 Å². The van der Waals surface area contributed by atoms with E-state index in [0.717, 1.165) is 6.54 Å². The van der Waals surface area contributed by atoms with Crippen LogP contribution >= 0.6 is 0 Å². The molecule has 0 atom stereocenters. The number of aromatic nitrogens is 1. The van der Waals surface area contributed by atoms with Gasteiger partial charge >= 0.3 is 0 Å². The smallest absolute Gasteiger partial charge is 0.243 e. The van der Waals surface area contributed by atoms with Crippen molar-refractivity contribution < 1.29 is 17.6 Å². The van der Waals surface area contributed by atoms with Gasteiger partial charge in [-0.05, 0) is 38.4 Å². The van der Waals surface area contributed by atoms with Crippen molar-refractivity contribution in [3.05, 3.63) is 30.0 Å². The molecule has 1 aliphatic rings. The number of ether oxygens (including phenoxy) is 1. The first-order valence-electron chi connectivity index (χ1n) is 8.89. The van der Waals surface area contributed by atoms with Crippen LogP contribution in [0.3, 0.4) is 0 Å². The highest BCUT2D eigenvalue weighted by Gasteiger charge is 2.26. The summed E-state index contributed by atoms with van der Waals surface area (Å²) in [4.78, 5) is 6.41. The summed E-state index contributed by atoms with van der Waals surface area (Å²) >= 11 is 0. The monoisotopic (exact) mass is 405 g/mol. The molecule has 1 aromatic carbocycles. The molecule has 1 N–H and O–H groups in total. The first kappa shape index (κ1) is 20.3. The minimum atomic E-state index is -3.56. The lowest BCUT2D eigenvalue weighted by Gasteiger charge is -2.26. The fourth-order valence-electron chi connectivity index (χ4n) is 2.74. The first-order chi connectivity index (χ1) is 13.4. The predicted octanol–water partition coefficient (Wildman–Crippen LogP) is 1.21. The molecule has 0 spiro atoms. The summed E-state index contributed by atoms with van der Waals surface area (Å²) in [6.07, 6.45) is 0. The van der Waals surface area contributed by atoms with Crippen molar-refractivity contribution in [1.82, 2.24) is 14.2 Å². The Morgan fingerprint density at radius 2 is 1.93 bits per heavy atom. The highest BCUT2D eigenvalue weighted by Crippen LogP contribution is 2.27. The Labute approximate surface area is 164 Å². The van der Waals surface area contributed by atoms with Crippen LogP contribution in [0.1, 0.15) is 5.69 Å². The molecule has 0 unspecified atom stereocenters. The zero-order valence-corrected chi connectivity index (χ0v) is 16.7. The Kier molecular flexibility index (Phi) is 6.31. The second-order valence-electron chi connectivity index (χ2n) is 6.58. The van der Waals surface area contributed by atoms with E-state index in [1.165, 1.54) is 16.4 Å². The number of rotatable bonds is 7. The lowest BCUT2D eigenvalue weighted by Crippen LogP contribution is -2.40. The number of nitriles is 1. The molecule has 1 aliphatic heterocycles. The second kappa shape index (κ2) is 8.70. The topological polar surface area (TPSA) is 112 Å². The van der Waals surface area contributed by atoms with E-state index >= 15 is 0 Å². The van der Waals surface area contributed by atoms with Crippen LogP contribution in [0, 0.1) is 11.3 Å². The number of benzene rings is 1. The third-order valence-electron chi connectivity index (χ3n) is 4.29. The molecule has 0 radical (unpaired) electrons. The number of hydrogen-bond donors (Lipinski definition) is 1. The van der Waals surface area contributed by atoms with Gasteiger partial charge in [-0.2, -0.15) is 14.6 Å². The van der Waals surface area contributed by atoms with E-state index in [-0.39, 0.29) is 16.5 Å². The number of morpholine rings is 1. The molecule has 0 amide bonds. The fraction of sp³-hybridized carbons (Fsp3) is 0.444. The van der Waals surface area contributed by atoms with Crippen molar-refractivity contribution in [3.8, 4) is 17.5 Å². The highest BCUT2D eigenvalue weighted by atomic mass is 32.2. The largest absolute Gasteiger partial charge is 0.419 e. The maximum atomic E-state index is 12.7. The molecule has 0 bridgehead atoms. The minimum absolute atomic E-state index is 0.166. The van der Waals surface area contributed by atoms with E-state index in [1.807, 2.05) is 25.1 Å². The molecule has 0 aliphatic carbocycles. The average Bonchev–Trinajstić information content (AvgIpc) is 3.12. The van der Waals surface area contributed by atoms with Gasteiger partial charge in [0.15, 0.2) is 0 Å². The Morgan fingerprint density at radius 3 is 2.54 bits per heavy atom. The van der Waals surface area contributed by atoms with Crippen LogP contribution in [-0.2, 0) is 14.8 Å². The van der Waals surface area contributed by atoms with Gasteiger partial charge in [0.2, 0.25) is 27.5 Å². The Morgan fingerprint density at radius 1 is 1.25 bits per heavy atom. The number of anilines is 1. The van der Waals surface area contributed by atoms with Crippen molar-refractivity contribution in [2.45, 2.75) is 4.90 Å². The highest BCUT2D eigenvalue weighted by molar-refractivity contribution is 7.89. The van der Waals surface area contributed by atoms with Crippen LogP contribution in [-0.4, -0.2) is 76.1 Å². The third kappa shape index (κ3) is 4.51. The van der Waals surface area contributed by atoms with Gasteiger partial charge in [-0.1, -0.05) is 0 Å². The van der Waals surface area contributed by atoms with Crippen LogP contribution in [0.25, 0.3) is 11.5 Å². The maximum Gasteiger partial charge on any atom is 0.243 e. The predicted molar refractivity (Wildman–Crippen MR) is 103 cm³/mol. The SMILES string of the molecule is CN(C)CCNc1oc(-c2ccc(S(=O)(=O)N3CCOCC3)cc2)nc1C#N. The lowest BCUT2D eigenvalue weighted by atomic mass is 10.2. The molecule has 1 fully saturated rings. The third-order valence-corrected chi connectivity index (χ3v) is 6.20. The summed E-state index contributed by atoms with van der Waals surface area (Å²) in [5, 5.41) is 12.3. The van der Waals surface area contributed by atoms with Gasteiger partial charge in [-0.15, -0.1) is 0 Å². The van der Waals surface area contributed by atoms with Crippen molar-refractivity contribution >= 4 is 15.9 Å². The zero-order valence-electron chi connectivity index (χ0n) is 15.9. The molecular formula is C18H23N5O4S. The molecule has 28 heavy (non-hydrogen) atoms. The van der Waals surface area contributed by atoms with Gasteiger partial charge in [0, 0.05) is 31.7 Å². The fourth-order valence-corrected chi connectivity index (χ4v) is 4.15. The van der Waals surface area contributed by atoms with E-state index in [1.54, 1.807) is 12.1 Å². The summed E-state index contributed by atoms with van der Waals surface area (Å²) in [6.45, 7) is 2.86. The molecule has 1 saturated heterocycles. The Bertz CT molecular complexity index is 941. The summed E-state index contributed by atoms with van der Waals surface area (Å²) in [6, 6.07) is 8.31. The summed E-state index contributed by atoms with van der Waals surface area (Å²) in [7, 11) is 0.343. The van der Waals surface area contributed by atoms with Gasteiger partial charge in [0.25, 0.3) is 0 Å². The quantitative estimate of drug-likeness (QED) is 0.732. The molecule has 10 heteroatoms. The van der Waals surface area contributed by atoms with Gasteiger partial charge in [0.1, 0.15) is 6.07 Å². The van der Waals surface area contributed by atoms with E-state index < -0.39 is 10.0 Å². The summed E-state index contributed by atoms with van der Waals surface area (Å²) in [5.74, 6) is 0.573. The van der Waals surface area contributed by atoms with E-state index in [2.05, 4.69) is 10.3 Å². The minimum Gasteiger partial charge on any atom is -0.419 e. The zero-order chi connectivity index (χ0) is 20.1. The van der Waals surface area contributed by atoms with Gasteiger partial charge in [0.05, 0.1) is 18.1 Å². The molecular weight excluding hydrogens is 382 g/mol. The van der Waals surface area contributed by atoms with Crippen LogP contribution in [0.4, 0.5) is 5.88 Å². The van der Waals surface area contributed by atoms with Crippen LogP contribution in [0.15, 0.2) is 33.6 Å². The number of nitrogens with zero attached hydrogens (tertiary/aromatic N) is 4. The Balaban J connectivity index is 1.78. The number of likely N-dealkylation sites (N-methyl/N-ethyl adjacent to an activating group) is 1. The molecule has 2 heterocycles. The van der Waals surface area contributed by atoms with E-state index in [0.29, 0.717) is 44.3 Å². The van der Waals surface area contributed by atoms with Crippen molar-refractivity contribution in [2.75, 3.05) is 58.8 Å². The number of nitrogens with one attached hydrogen (secondary N) is 1. The van der Waals surface area contributed by atoms with Crippen LogP contribution in [0.5, 0.6) is 0 Å². The van der Waals surface area contributed by atoms with Crippen LogP contribution in [0.2, 0.25) is 0 Å².